The maximum Gasteiger partial charge on any atom is 0.428 e. The van der Waals surface area contributed by atoms with E-state index in [1.165, 1.54) is 83.4 Å². The number of aryl methyl sites for hydroxylation is 1. The van der Waals surface area contributed by atoms with Gasteiger partial charge >= 0.3 is 12.4 Å². The Balaban J connectivity index is 0.000000208. The standard InChI is InChI=1S/C24H20F5N7O4.C23H17F5N8O3/c1-13(37)9-31-22(38)23(39,24(27,28)29)12-32-20-16(26)10-30-21(33-20)18-8-19(17-6-7-40-35-17)36(34-18)11-14-4-2-3-5-15(14)25;1-12-32-33-21(39-12)22(37,23(26,27)28)11-30-19-15(25)9-29-20(31-19)17-8-18(16-6-7-38-35-16)36(34-17)10-13-4-2-3-5-14(13)24/h2-8,10,39H,9,11-12H2,1H3,(H,31,38)(H,30,32,33);2-9,37H,10-11H2,1H3,(H,29,30,31). The lowest BCUT2D eigenvalue weighted by Crippen LogP contribution is -2.61. The Bertz CT molecular complexity index is 3590. The summed E-state index contributed by atoms with van der Waals surface area (Å²) in [5.41, 5.74) is -5.63. The molecular weight excluding hydrogens is 1080 g/mol. The topological polar surface area (TPSA) is 289 Å². The molecule has 5 N–H and O–H groups in total. The number of Topliss-reactive ketones (excluding diaryl/α,β-unsaturated/α-hetero) is 1. The molecule has 0 saturated heterocycles. The molecule has 0 bridgehead atoms. The van der Waals surface area contributed by atoms with E-state index in [-0.39, 0.29) is 47.6 Å². The first-order valence-electron chi connectivity index (χ1n) is 22.6. The average molecular weight is 1110 g/mol. The van der Waals surface area contributed by atoms with E-state index in [1.54, 1.807) is 23.5 Å². The number of ketones is 1. The van der Waals surface area contributed by atoms with Crippen LogP contribution in [0.15, 0.2) is 111 Å². The highest BCUT2D eigenvalue weighted by Gasteiger charge is 2.60. The van der Waals surface area contributed by atoms with Gasteiger partial charge in [-0.3, -0.25) is 19.0 Å². The molecule has 412 valence electrons. The van der Waals surface area contributed by atoms with Crippen molar-refractivity contribution in [3.05, 3.63) is 144 Å². The zero-order valence-electron chi connectivity index (χ0n) is 40.4. The third kappa shape index (κ3) is 12.4. The van der Waals surface area contributed by atoms with Crippen molar-refractivity contribution in [1.29, 1.82) is 0 Å². The third-order valence-corrected chi connectivity index (χ3v) is 11.2. The summed E-state index contributed by atoms with van der Waals surface area (Å²) in [5.74, 6) is -9.05. The highest BCUT2D eigenvalue weighted by atomic mass is 19.4. The number of nitrogens with zero attached hydrogens (tertiary/aromatic N) is 12. The average Bonchev–Trinajstić information content (AvgIpc) is 4.38. The van der Waals surface area contributed by atoms with Crippen molar-refractivity contribution in [3.8, 4) is 45.8 Å². The SMILES string of the molecule is CC(=O)CNC(=O)C(O)(CNc1nc(-c2cc(-c3ccon3)n(Cc3ccccc3F)n2)ncc1F)C(F)(F)F.Cc1nnc(C(O)(CNc2nc(-c3cc(-c4ccon4)n(Cc4ccccc4F)n3)ncc2F)C(F)(F)F)o1. The minimum atomic E-state index is -5.49. The molecule has 2 aromatic carbocycles. The number of aromatic nitrogens is 12. The molecule has 9 aromatic rings. The van der Waals surface area contributed by atoms with E-state index in [0.717, 1.165) is 13.1 Å². The van der Waals surface area contributed by atoms with E-state index in [4.69, 9.17) is 13.5 Å². The normalized spacial score (nSPS) is 13.2. The van der Waals surface area contributed by atoms with Gasteiger partial charge in [0.05, 0.1) is 56.5 Å². The zero-order chi connectivity index (χ0) is 56.9. The van der Waals surface area contributed by atoms with Crippen molar-refractivity contribution in [2.24, 2.45) is 0 Å². The maximum atomic E-state index is 14.5. The summed E-state index contributed by atoms with van der Waals surface area (Å²) in [5, 5.41) is 49.3. The summed E-state index contributed by atoms with van der Waals surface area (Å²) in [6.07, 6.45) is -6.77. The number of halogens is 10. The molecule has 1 amide bonds. The molecule has 0 aliphatic heterocycles. The van der Waals surface area contributed by atoms with E-state index in [2.05, 4.69) is 56.0 Å². The van der Waals surface area contributed by atoms with Gasteiger partial charge in [-0.25, -0.2) is 37.5 Å². The number of alkyl halides is 6. The summed E-state index contributed by atoms with van der Waals surface area (Å²) in [4.78, 5) is 38.7. The maximum absolute atomic E-state index is 14.5. The summed E-state index contributed by atoms with van der Waals surface area (Å²) in [6.45, 7) is -1.42. The number of amides is 1. The van der Waals surface area contributed by atoms with Crippen LogP contribution in [-0.4, -0.2) is 119 Å². The summed E-state index contributed by atoms with van der Waals surface area (Å²) < 4.78 is 157. The molecular formula is C47H37F10N15O7. The zero-order valence-corrected chi connectivity index (χ0v) is 40.4. The smallest absolute Gasteiger partial charge is 0.422 e. The summed E-state index contributed by atoms with van der Waals surface area (Å²) in [6, 6.07) is 17.9. The van der Waals surface area contributed by atoms with E-state index >= 15 is 0 Å². The van der Waals surface area contributed by atoms with Gasteiger partial charge in [-0.15, -0.1) is 10.2 Å². The fourth-order valence-electron chi connectivity index (χ4n) is 7.04. The fourth-order valence-corrected chi connectivity index (χ4v) is 7.04. The Labute approximate surface area is 435 Å². The molecule has 0 spiro atoms. The minimum Gasteiger partial charge on any atom is -0.422 e. The molecule has 7 heterocycles. The first-order chi connectivity index (χ1) is 37.4. The lowest BCUT2D eigenvalue weighted by Gasteiger charge is -2.29. The number of carbonyl (C=O) groups excluding carboxylic acids is 2. The first-order valence-corrected chi connectivity index (χ1v) is 22.6. The number of carbonyl (C=O) groups is 2. The Kier molecular flexibility index (Phi) is 16.0. The molecule has 0 saturated carbocycles. The Morgan fingerprint density at radius 3 is 1.52 bits per heavy atom. The van der Waals surface area contributed by atoms with Crippen LogP contribution in [-0.2, 0) is 28.3 Å². The molecule has 32 heteroatoms. The van der Waals surface area contributed by atoms with Crippen LogP contribution in [0, 0.1) is 30.2 Å². The second-order valence-electron chi connectivity index (χ2n) is 16.8. The van der Waals surface area contributed by atoms with E-state index in [9.17, 15) is 63.7 Å². The van der Waals surface area contributed by atoms with Gasteiger partial charge in [0.25, 0.3) is 23.0 Å². The number of rotatable bonds is 18. The van der Waals surface area contributed by atoms with Gasteiger partial charge < -0.3 is 39.6 Å². The van der Waals surface area contributed by atoms with Crippen LogP contribution in [0.25, 0.3) is 45.8 Å². The monoisotopic (exact) mass is 1110 g/mol. The molecule has 0 aliphatic carbocycles. The third-order valence-electron chi connectivity index (χ3n) is 11.2. The lowest BCUT2D eigenvalue weighted by atomic mass is 10.0. The van der Waals surface area contributed by atoms with Crippen molar-refractivity contribution in [1.82, 2.24) is 65.3 Å². The van der Waals surface area contributed by atoms with Crippen LogP contribution in [0.3, 0.4) is 0 Å². The first kappa shape index (κ1) is 55.8. The van der Waals surface area contributed by atoms with Gasteiger partial charge in [0.2, 0.25) is 5.89 Å². The quantitative estimate of drug-likeness (QED) is 0.0565. The van der Waals surface area contributed by atoms with Crippen LogP contribution in [0.1, 0.15) is 29.8 Å². The molecule has 0 radical (unpaired) electrons. The summed E-state index contributed by atoms with van der Waals surface area (Å²) in [7, 11) is 0. The van der Waals surface area contributed by atoms with Gasteiger partial charge in [-0.2, -0.15) is 36.5 Å². The lowest BCUT2D eigenvalue weighted by molar-refractivity contribution is -0.268. The predicted molar refractivity (Wildman–Crippen MR) is 249 cm³/mol. The molecule has 2 unspecified atom stereocenters. The van der Waals surface area contributed by atoms with Gasteiger partial charge in [0.15, 0.2) is 34.9 Å². The van der Waals surface area contributed by atoms with Gasteiger partial charge in [-0.1, -0.05) is 46.7 Å². The number of hydrogen-bond acceptors (Lipinski definition) is 19. The molecule has 2 atom stereocenters. The van der Waals surface area contributed by atoms with Crippen LogP contribution in [0.4, 0.5) is 55.5 Å². The molecule has 0 fully saturated rings. The molecule has 22 nitrogen and oxygen atoms in total. The Hall–Kier alpha value is -9.46. The Morgan fingerprint density at radius 2 is 1.11 bits per heavy atom. The van der Waals surface area contributed by atoms with Crippen LogP contribution in [0.2, 0.25) is 0 Å². The van der Waals surface area contributed by atoms with Gasteiger partial charge in [0.1, 0.15) is 52.7 Å². The largest absolute Gasteiger partial charge is 0.428 e. The van der Waals surface area contributed by atoms with E-state index < -0.39 is 95.7 Å². The fraction of sp³-hybridized carbons (Fsp3) is 0.234. The van der Waals surface area contributed by atoms with Gasteiger partial charge in [-0.05, 0) is 31.2 Å². The number of hydrogen-bond donors (Lipinski definition) is 5. The molecule has 0 aliphatic rings. The van der Waals surface area contributed by atoms with Crippen molar-refractivity contribution in [2.45, 2.75) is 50.5 Å². The van der Waals surface area contributed by atoms with Crippen molar-refractivity contribution in [2.75, 3.05) is 30.3 Å². The predicted octanol–water partition coefficient (Wildman–Crippen LogP) is 6.61. The second kappa shape index (κ2) is 22.6. The van der Waals surface area contributed by atoms with Crippen LogP contribution < -0.4 is 16.0 Å². The molecule has 7 aromatic heterocycles. The van der Waals surface area contributed by atoms with Crippen molar-refractivity contribution < 1.29 is 77.2 Å². The van der Waals surface area contributed by atoms with E-state index in [1.807, 2.05) is 5.32 Å². The van der Waals surface area contributed by atoms with Crippen molar-refractivity contribution >= 4 is 23.3 Å². The minimum absolute atomic E-state index is 0.0164. The second-order valence-corrected chi connectivity index (χ2v) is 16.8. The van der Waals surface area contributed by atoms with Crippen molar-refractivity contribution in [3.63, 3.8) is 0 Å². The summed E-state index contributed by atoms with van der Waals surface area (Å²) >= 11 is 0. The van der Waals surface area contributed by atoms with Crippen LogP contribution in [0.5, 0.6) is 0 Å². The number of nitrogens with one attached hydrogen (secondary N) is 3. The highest BCUT2D eigenvalue weighted by molar-refractivity contribution is 5.90. The number of aliphatic hydroxyl groups is 2. The molecule has 9 rings (SSSR count). The number of benzene rings is 2. The van der Waals surface area contributed by atoms with Gasteiger partial charge in [0, 0.05) is 30.2 Å². The van der Waals surface area contributed by atoms with E-state index in [0.29, 0.717) is 34.5 Å². The molecule has 79 heavy (non-hydrogen) atoms. The highest BCUT2D eigenvalue weighted by Crippen LogP contribution is 2.39. The number of anilines is 2. The Morgan fingerprint density at radius 1 is 0.633 bits per heavy atom. The van der Waals surface area contributed by atoms with Crippen LogP contribution >= 0.6 is 0 Å².